The molecule has 1 atom stereocenters. The minimum Gasteiger partial charge on any atom is -0.495 e. The number of hydrogen-bond donors (Lipinski definition) is 1. The van der Waals surface area contributed by atoms with Crippen LogP contribution in [0, 0.1) is 11.2 Å². The number of carbonyl (C=O) groups excluding carboxylic acids is 1. The van der Waals surface area contributed by atoms with Crippen molar-refractivity contribution in [2.45, 2.75) is 26.3 Å². The first kappa shape index (κ1) is 23.7. The SMILES string of the molecule is COC(=O)C1(C)CN(c2cc3c(NC(C)c4cccc(C(F)F)c4F)ccnc3cc2OC)C1. The molecule has 6 nitrogen and oxygen atoms in total. The molecule has 180 valence electrons. The molecule has 1 saturated heterocycles. The van der Waals surface area contributed by atoms with Crippen LogP contribution >= 0.6 is 0 Å². The molecule has 9 heteroatoms. The first-order valence-corrected chi connectivity index (χ1v) is 10.8. The van der Waals surface area contributed by atoms with Gasteiger partial charge >= 0.3 is 5.97 Å². The average Bonchev–Trinajstić information content (AvgIpc) is 2.80. The Hall–Kier alpha value is -3.49. The summed E-state index contributed by atoms with van der Waals surface area (Å²) in [6.45, 7) is 4.49. The maximum atomic E-state index is 14.7. The Kier molecular flexibility index (Phi) is 6.29. The Labute approximate surface area is 195 Å². The minimum absolute atomic E-state index is 0.146. The number of carbonyl (C=O) groups is 1. The summed E-state index contributed by atoms with van der Waals surface area (Å²) in [6.07, 6.45) is -1.28. The van der Waals surface area contributed by atoms with E-state index in [0.717, 1.165) is 17.1 Å². The highest BCUT2D eigenvalue weighted by Crippen LogP contribution is 2.42. The molecule has 3 aromatic rings. The summed E-state index contributed by atoms with van der Waals surface area (Å²) < 4.78 is 51.5. The van der Waals surface area contributed by atoms with E-state index in [2.05, 4.69) is 10.3 Å². The van der Waals surface area contributed by atoms with Crippen LogP contribution in [0.3, 0.4) is 0 Å². The maximum Gasteiger partial charge on any atom is 0.315 e. The van der Waals surface area contributed by atoms with Crippen molar-refractivity contribution < 1.29 is 27.4 Å². The van der Waals surface area contributed by atoms with Crippen LogP contribution in [0.25, 0.3) is 10.9 Å². The number of anilines is 2. The van der Waals surface area contributed by atoms with Crippen LogP contribution in [0.4, 0.5) is 24.5 Å². The van der Waals surface area contributed by atoms with Gasteiger partial charge in [-0.15, -0.1) is 0 Å². The predicted molar refractivity (Wildman–Crippen MR) is 124 cm³/mol. The summed E-state index contributed by atoms with van der Waals surface area (Å²) in [5.41, 5.74) is 1.02. The number of hydrogen-bond acceptors (Lipinski definition) is 6. The first-order valence-electron chi connectivity index (χ1n) is 10.8. The van der Waals surface area contributed by atoms with E-state index in [4.69, 9.17) is 9.47 Å². The number of nitrogens with zero attached hydrogens (tertiary/aromatic N) is 2. The number of rotatable bonds is 7. The number of nitrogens with one attached hydrogen (secondary N) is 1. The predicted octanol–water partition coefficient (Wildman–Crippen LogP) is 5.49. The standard InChI is InChI=1S/C25H26F3N3O3/c1-14(15-6-5-7-16(22(15)26)23(27)28)30-18-8-9-29-19-11-21(33-3)20(10-17(18)19)31-12-25(2,13-31)24(32)34-4/h5-11,14,23H,12-13H2,1-4H3,(H,29,30). The molecule has 0 saturated carbocycles. The molecule has 0 amide bonds. The van der Waals surface area contributed by atoms with Crippen molar-refractivity contribution in [3.05, 3.63) is 59.5 Å². The molecule has 0 bridgehead atoms. The molecule has 0 radical (unpaired) electrons. The van der Waals surface area contributed by atoms with E-state index in [-0.39, 0.29) is 11.5 Å². The highest BCUT2D eigenvalue weighted by molar-refractivity contribution is 5.96. The molecule has 4 rings (SSSR count). The number of benzene rings is 2. The molecule has 0 aliphatic carbocycles. The quantitative estimate of drug-likeness (QED) is 0.458. The zero-order valence-electron chi connectivity index (χ0n) is 19.4. The summed E-state index contributed by atoms with van der Waals surface area (Å²) in [5, 5.41) is 3.99. The third-order valence-electron chi connectivity index (χ3n) is 6.27. The minimum atomic E-state index is -2.89. The van der Waals surface area contributed by atoms with Crippen molar-refractivity contribution in [2.75, 3.05) is 37.5 Å². The molecule has 2 aromatic carbocycles. The van der Waals surface area contributed by atoms with Crippen molar-refractivity contribution >= 4 is 28.2 Å². The van der Waals surface area contributed by atoms with Gasteiger partial charge in [0.25, 0.3) is 6.43 Å². The van der Waals surface area contributed by atoms with E-state index >= 15 is 0 Å². The molecular formula is C25H26F3N3O3. The van der Waals surface area contributed by atoms with Crippen LogP contribution in [-0.2, 0) is 9.53 Å². The molecule has 1 aliphatic rings. The number of halogens is 3. The van der Waals surface area contributed by atoms with Crippen LogP contribution in [0.2, 0.25) is 0 Å². The molecule has 1 aliphatic heterocycles. The van der Waals surface area contributed by atoms with Gasteiger partial charge in [-0.05, 0) is 26.0 Å². The highest BCUT2D eigenvalue weighted by atomic mass is 19.3. The Morgan fingerprint density at radius 3 is 2.53 bits per heavy atom. The van der Waals surface area contributed by atoms with Crippen molar-refractivity contribution in [3.8, 4) is 5.75 Å². The molecule has 1 unspecified atom stereocenters. The van der Waals surface area contributed by atoms with Gasteiger partial charge in [-0.25, -0.2) is 13.2 Å². The molecule has 1 fully saturated rings. The summed E-state index contributed by atoms with van der Waals surface area (Å²) in [6, 6.07) is 8.87. The lowest BCUT2D eigenvalue weighted by atomic mass is 9.81. The monoisotopic (exact) mass is 473 g/mol. The first-order chi connectivity index (χ1) is 16.2. The third kappa shape index (κ3) is 4.10. The zero-order valence-corrected chi connectivity index (χ0v) is 19.4. The van der Waals surface area contributed by atoms with Crippen LogP contribution in [0.5, 0.6) is 5.75 Å². The molecule has 34 heavy (non-hydrogen) atoms. The fourth-order valence-electron chi connectivity index (χ4n) is 4.42. The van der Waals surface area contributed by atoms with E-state index < -0.39 is 29.3 Å². The van der Waals surface area contributed by atoms with E-state index in [0.29, 0.717) is 30.0 Å². The van der Waals surface area contributed by atoms with Gasteiger partial charge in [-0.2, -0.15) is 0 Å². The van der Waals surface area contributed by atoms with E-state index in [9.17, 15) is 18.0 Å². The van der Waals surface area contributed by atoms with Gasteiger partial charge in [-0.3, -0.25) is 9.78 Å². The topological polar surface area (TPSA) is 63.7 Å². The number of ether oxygens (including phenoxy) is 2. The van der Waals surface area contributed by atoms with Crippen LogP contribution < -0.4 is 15.0 Å². The second-order valence-corrected chi connectivity index (χ2v) is 8.73. The van der Waals surface area contributed by atoms with Gasteiger partial charge in [0.1, 0.15) is 11.6 Å². The third-order valence-corrected chi connectivity index (χ3v) is 6.27. The summed E-state index contributed by atoms with van der Waals surface area (Å²) in [5.74, 6) is -0.580. The van der Waals surface area contributed by atoms with Crippen LogP contribution in [-0.4, -0.2) is 38.3 Å². The Morgan fingerprint density at radius 2 is 1.88 bits per heavy atom. The van der Waals surface area contributed by atoms with Gasteiger partial charge in [0.2, 0.25) is 0 Å². The Morgan fingerprint density at radius 1 is 1.18 bits per heavy atom. The lowest BCUT2D eigenvalue weighted by Crippen LogP contribution is -2.59. The van der Waals surface area contributed by atoms with Crippen molar-refractivity contribution in [1.82, 2.24) is 4.98 Å². The Bertz CT molecular complexity index is 1230. The number of pyridine rings is 1. The van der Waals surface area contributed by atoms with Gasteiger partial charge < -0.3 is 19.7 Å². The molecule has 0 spiro atoms. The van der Waals surface area contributed by atoms with Crippen molar-refractivity contribution in [2.24, 2.45) is 5.41 Å². The molecule has 2 heterocycles. The number of aromatic nitrogens is 1. The summed E-state index contributed by atoms with van der Waals surface area (Å²) in [7, 11) is 2.93. The van der Waals surface area contributed by atoms with E-state index in [1.807, 2.05) is 17.9 Å². The van der Waals surface area contributed by atoms with Gasteiger partial charge in [0, 0.05) is 42.0 Å². The fourth-order valence-corrected chi connectivity index (χ4v) is 4.42. The molecular weight excluding hydrogens is 447 g/mol. The number of methoxy groups -OCH3 is 2. The molecule has 1 N–H and O–H groups in total. The normalized spacial score (nSPS) is 15.7. The maximum absolute atomic E-state index is 14.7. The second kappa shape index (κ2) is 9.04. The lowest BCUT2D eigenvalue weighted by Gasteiger charge is -2.47. The lowest BCUT2D eigenvalue weighted by molar-refractivity contribution is -0.153. The smallest absolute Gasteiger partial charge is 0.315 e. The van der Waals surface area contributed by atoms with Crippen LogP contribution in [0.15, 0.2) is 42.6 Å². The average molecular weight is 473 g/mol. The number of fused-ring (bicyclic) bond motifs is 1. The second-order valence-electron chi connectivity index (χ2n) is 8.73. The summed E-state index contributed by atoms with van der Waals surface area (Å²) >= 11 is 0. The van der Waals surface area contributed by atoms with Crippen molar-refractivity contribution in [3.63, 3.8) is 0 Å². The Balaban J connectivity index is 1.68. The molecule has 1 aromatic heterocycles. The zero-order chi connectivity index (χ0) is 24.6. The number of alkyl halides is 2. The highest BCUT2D eigenvalue weighted by Gasteiger charge is 2.47. The van der Waals surface area contributed by atoms with Gasteiger partial charge in [-0.1, -0.05) is 18.2 Å². The largest absolute Gasteiger partial charge is 0.495 e. The number of esters is 1. The van der Waals surface area contributed by atoms with Gasteiger partial charge in [0.15, 0.2) is 0 Å². The summed E-state index contributed by atoms with van der Waals surface area (Å²) in [4.78, 5) is 18.5. The van der Waals surface area contributed by atoms with Crippen LogP contribution in [0.1, 0.15) is 37.4 Å². The fraction of sp³-hybridized carbons (Fsp3) is 0.360. The van der Waals surface area contributed by atoms with E-state index in [1.54, 1.807) is 32.4 Å². The van der Waals surface area contributed by atoms with Gasteiger partial charge in [0.05, 0.1) is 42.4 Å². The van der Waals surface area contributed by atoms with Crippen molar-refractivity contribution in [1.29, 1.82) is 0 Å². The van der Waals surface area contributed by atoms with E-state index in [1.165, 1.54) is 19.2 Å².